The molecule has 140 heavy (non-hydrogen) atoms. The van der Waals surface area contributed by atoms with Crippen molar-refractivity contribution in [2.45, 2.75) is 650 Å². The minimum Gasteiger partial charge on any atom is -0.481 e. The van der Waals surface area contributed by atoms with E-state index in [2.05, 4.69) is 70.3 Å². The summed E-state index contributed by atoms with van der Waals surface area (Å²) < 4.78 is 29.7. The maximum atomic E-state index is 13.3. The quantitative estimate of drug-likeness (QED) is 0.0215. The molecule has 0 aliphatic heterocycles. The lowest BCUT2D eigenvalue weighted by atomic mass is 9.91. The van der Waals surface area contributed by atoms with Crippen molar-refractivity contribution < 1.29 is 78.0 Å². The van der Waals surface area contributed by atoms with Crippen LogP contribution in [0.1, 0.15) is 613 Å². The van der Waals surface area contributed by atoms with Crippen LogP contribution in [-0.4, -0.2) is 192 Å². The van der Waals surface area contributed by atoms with Crippen molar-refractivity contribution in [3.8, 4) is 0 Å². The number of likely N-dealkylation sites (N-methyl/N-ethyl adjacent to an activating group) is 2. The Bertz CT molecular complexity index is 2620. The number of carbonyl (C=O) groups is 6. The average molecular weight is 1990 g/mol. The Morgan fingerprint density at radius 3 is 0.721 bits per heavy atom. The highest BCUT2D eigenvalue weighted by Gasteiger charge is 2.22. The third-order valence-corrected chi connectivity index (χ3v) is 29.5. The number of nitrogens with zero attached hydrogens (tertiary/aromatic N) is 3. The number of hydrogen-bond donors (Lipinski definition) is 5. The molecule has 0 bridgehead atoms. The number of aliphatic hydroxyl groups excluding tert-OH is 4. The molecule has 0 saturated carbocycles. The highest BCUT2D eigenvalue weighted by atomic mass is 16.6. The summed E-state index contributed by atoms with van der Waals surface area (Å²) >= 11 is 0. The molecule has 7 unspecified atom stereocenters. The fraction of sp³-hybridized carbons (Fsp3) is 0.950. The van der Waals surface area contributed by atoms with Gasteiger partial charge in [-0.05, 0) is 213 Å². The van der Waals surface area contributed by atoms with E-state index in [1.807, 2.05) is 0 Å². The average Bonchev–Trinajstić information content (AvgIpc) is 0.970. The molecule has 0 heterocycles. The van der Waals surface area contributed by atoms with Gasteiger partial charge >= 0.3 is 35.8 Å². The largest absolute Gasteiger partial charge is 0.481 e. The van der Waals surface area contributed by atoms with Crippen molar-refractivity contribution in [3.63, 3.8) is 0 Å². The SMILES string of the molecule is CCCCCCCCC(CCCCCCCCC(CCC)CCCCCOC(=O)CCCCCC(O)CN(CCO)CCCCCCCC(=O)OC(CCCCCCCC)CCCCCCCCC(CCC)CCCCCOC(=O)CCCCCCCN(C)CC(O)CCCCCC(=O)OC(CCCCCCCC)CCCCCCCC)OC(=O)CCCCCCCN(C)CC(O)CCCCCC(=O)O. The molecule has 0 rings (SSSR count). The van der Waals surface area contributed by atoms with E-state index < -0.39 is 12.1 Å². The van der Waals surface area contributed by atoms with Crippen molar-refractivity contribution in [1.29, 1.82) is 0 Å². The van der Waals surface area contributed by atoms with Gasteiger partial charge in [-0.25, -0.2) is 0 Å². The van der Waals surface area contributed by atoms with Gasteiger partial charge < -0.3 is 59.0 Å². The smallest absolute Gasteiger partial charge is 0.306 e. The maximum Gasteiger partial charge on any atom is 0.306 e. The third kappa shape index (κ3) is 99.2. The summed E-state index contributed by atoms with van der Waals surface area (Å²) in [5.74, 6) is 0.530. The van der Waals surface area contributed by atoms with Crippen molar-refractivity contribution in [2.24, 2.45) is 11.8 Å². The van der Waals surface area contributed by atoms with E-state index in [1.165, 1.54) is 257 Å². The fourth-order valence-corrected chi connectivity index (χ4v) is 20.7. The van der Waals surface area contributed by atoms with E-state index >= 15 is 0 Å². The van der Waals surface area contributed by atoms with Gasteiger partial charge in [-0.2, -0.15) is 0 Å². The lowest BCUT2D eigenvalue weighted by Gasteiger charge is -2.24. The van der Waals surface area contributed by atoms with Gasteiger partial charge in [0.2, 0.25) is 0 Å². The van der Waals surface area contributed by atoms with E-state index in [1.54, 1.807) is 0 Å². The van der Waals surface area contributed by atoms with Crippen LogP contribution in [-0.2, 0) is 52.5 Å². The van der Waals surface area contributed by atoms with Gasteiger partial charge in [-0.3, -0.25) is 33.7 Å². The van der Waals surface area contributed by atoms with Crippen molar-refractivity contribution >= 4 is 35.8 Å². The number of rotatable bonds is 115. The normalized spacial score (nSPS) is 13.4. The van der Waals surface area contributed by atoms with Crippen LogP contribution in [0, 0.1) is 11.8 Å². The number of aliphatic hydroxyl groups is 4. The zero-order valence-electron chi connectivity index (χ0n) is 93.7. The first-order chi connectivity index (χ1) is 68.3. The monoisotopic (exact) mass is 1990 g/mol. The van der Waals surface area contributed by atoms with Gasteiger partial charge in [-0.15, -0.1) is 0 Å². The second-order valence-electron chi connectivity index (χ2n) is 43.7. The standard InChI is InChI=1S/C121H235N3O16/c1-9-15-19-23-36-60-86-113(87-61-37-24-20-16-10-2)140-121(135)97-71-50-58-84-111(127)106-123(8)98-72-45-31-42-67-93-117(131)136-103-75-51-55-81-108(77-13-5)79-53-34-28-30-41-65-91-115(89-63-39-26-22-18-12-4)139-120(134)96-69-44-33-47-74-100-124(101-102-125)107-112(128)85-59-49-70-94-118(132)137-104-76-52-56-82-109(78-14-6)80-54-35-27-29-40-64-90-114(88-62-38-25-21-17-11-3)138-119(133)95-68-43-32-46-73-99-122(7)105-110(126)83-57-48-66-92-116(129)130/h108-115,125-128H,9-107H2,1-8H3,(H,129,130). The van der Waals surface area contributed by atoms with E-state index in [0.717, 1.165) is 288 Å². The Hall–Kier alpha value is -3.46. The predicted molar refractivity (Wildman–Crippen MR) is 588 cm³/mol. The Kier molecular flexibility index (Phi) is 104. The van der Waals surface area contributed by atoms with Crippen LogP contribution in [0.4, 0.5) is 0 Å². The summed E-state index contributed by atoms with van der Waals surface area (Å²) in [6, 6.07) is 0. The van der Waals surface area contributed by atoms with Crippen LogP contribution in [0.3, 0.4) is 0 Å². The molecule has 19 nitrogen and oxygen atoms in total. The fourth-order valence-electron chi connectivity index (χ4n) is 20.7. The molecule has 7 atom stereocenters. The molecule has 5 N–H and O–H groups in total. The summed E-state index contributed by atoms with van der Waals surface area (Å²) in [6.07, 6.45) is 93.9. The zero-order valence-corrected chi connectivity index (χ0v) is 93.7. The van der Waals surface area contributed by atoms with E-state index in [-0.39, 0.29) is 73.4 Å². The van der Waals surface area contributed by atoms with E-state index in [0.29, 0.717) is 90.8 Å². The molecular formula is C121H235N3O16. The predicted octanol–water partition coefficient (Wildman–Crippen LogP) is 32.2. The second-order valence-corrected chi connectivity index (χ2v) is 43.7. The molecule has 0 aromatic rings. The molecule has 0 radical (unpaired) electrons. The first-order valence-electron chi connectivity index (χ1n) is 61.2. The molecular weight excluding hydrogens is 1750 g/mol. The van der Waals surface area contributed by atoms with Crippen molar-refractivity contribution in [3.05, 3.63) is 0 Å². The van der Waals surface area contributed by atoms with Gasteiger partial charge in [0.15, 0.2) is 0 Å². The minimum absolute atomic E-state index is 0.0240. The Labute approximate surface area is 864 Å². The minimum atomic E-state index is -0.755. The maximum absolute atomic E-state index is 13.3. The third-order valence-electron chi connectivity index (χ3n) is 29.5. The van der Waals surface area contributed by atoms with Crippen LogP contribution < -0.4 is 0 Å². The zero-order chi connectivity index (χ0) is 102. The van der Waals surface area contributed by atoms with Gasteiger partial charge in [0.25, 0.3) is 0 Å². The number of esters is 5. The van der Waals surface area contributed by atoms with Crippen molar-refractivity contribution in [2.75, 3.05) is 79.7 Å². The molecule has 830 valence electrons. The number of ether oxygens (including phenoxy) is 5. The van der Waals surface area contributed by atoms with Crippen LogP contribution in [0.2, 0.25) is 0 Å². The highest BCUT2D eigenvalue weighted by molar-refractivity contribution is 5.71. The van der Waals surface area contributed by atoms with Crippen LogP contribution in [0.25, 0.3) is 0 Å². The van der Waals surface area contributed by atoms with Crippen LogP contribution in [0.5, 0.6) is 0 Å². The summed E-state index contributed by atoms with van der Waals surface area (Å²) in [4.78, 5) is 81.7. The molecule has 0 aliphatic carbocycles. The molecule has 0 aromatic heterocycles. The molecule has 0 fully saturated rings. The number of unbranched alkanes of at least 4 members (excludes halogenated alkanes) is 52. The van der Waals surface area contributed by atoms with Gasteiger partial charge in [0.1, 0.15) is 18.3 Å². The second kappa shape index (κ2) is 107. The van der Waals surface area contributed by atoms with E-state index in [9.17, 15) is 49.2 Å². The first-order valence-corrected chi connectivity index (χ1v) is 61.2. The Balaban J connectivity index is 4.35. The van der Waals surface area contributed by atoms with Gasteiger partial charge in [0, 0.05) is 64.7 Å². The number of hydrogen-bond acceptors (Lipinski definition) is 18. The van der Waals surface area contributed by atoms with Crippen LogP contribution in [0.15, 0.2) is 0 Å². The molecule has 0 aromatic carbocycles. The lowest BCUT2D eigenvalue weighted by Crippen LogP contribution is -2.35. The summed E-state index contributed by atoms with van der Waals surface area (Å²) in [5.41, 5.74) is 0. The molecule has 0 aliphatic rings. The summed E-state index contributed by atoms with van der Waals surface area (Å²) in [7, 11) is 4.15. The van der Waals surface area contributed by atoms with Crippen molar-refractivity contribution in [1.82, 2.24) is 14.7 Å². The Morgan fingerprint density at radius 1 is 0.221 bits per heavy atom. The molecule has 19 heteroatoms. The van der Waals surface area contributed by atoms with Gasteiger partial charge in [-0.1, -0.05) is 408 Å². The number of aliphatic carboxylic acids is 1. The summed E-state index contributed by atoms with van der Waals surface area (Å²) in [5, 5.41) is 50.8. The van der Waals surface area contributed by atoms with E-state index in [4.69, 9.17) is 28.8 Å². The van der Waals surface area contributed by atoms with Crippen LogP contribution >= 0.6 is 0 Å². The summed E-state index contributed by atoms with van der Waals surface area (Å²) in [6.45, 7) is 19.9. The molecule has 0 spiro atoms. The van der Waals surface area contributed by atoms with Gasteiger partial charge in [0.05, 0.1) is 38.1 Å². The molecule has 0 saturated heterocycles. The highest BCUT2D eigenvalue weighted by Crippen LogP contribution is 2.29. The number of carboxylic acid groups (broad SMARTS) is 1. The first kappa shape index (κ1) is 137. The number of carboxylic acids is 1. The molecule has 0 amide bonds. The topological polar surface area (TPSA) is 259 Å². The Morgan fingerprint density at radius 2 is 0.443 bits per heavy atom. The number of carbonyl (C=O) groups excluding carboxylic acids is 5. The lowest BCUT2D eigenvalue weighted by molar-refractivity contribution is -0.151.